The van der Waals surface area contributed by atoms with Crippen molar-refractivity contribution in [1.82, 2.24) is 0 Å². The van der Waals surface area contributed by atoms with Crippen LogP contribution in [0.15, 0.2) is 23.1 Å². The third-order valence-corrected chi connectivity index (χ3v) is 2.75. The van der Waals surface area contributed by atoms with E-state index in [0.29, 0.717) is 12.2 Å². The molecule has 1 aromatic rings. The summed E-state index contributed by atoms with van der Waals surface area (Å²) in [5.74, 6) is -0.321. The molecule has 0 heterocycles. The van der Waals surface area contributed by atoms with Crippen LogP contribution in [-0.4, -0.2) is 26.4 Å². The number of benzene rings is 1. The number of esters is 1. The van der Waals surface area contributed by atoms with Gasteiger partial charge >= 0.3 is 5.97 Å². The molecule has 15 heavy (non-hydrogen) atoms. The maximum Gasteiger partial charge on any atom is 0.338 e. The number of methoxy groups -OCH3 is 2. The van der Waals surface area contributed by atoms with Crippen LogP contribution < -0.4 is 0 Å². The third-order valence-electron chi connectivity index (χ3n) is 2.02. The Morgan fingerprint density at radius 3 is 2.67 bits per heavy atom. The van der Waals surface area contributed by atoms with E-state index in [9.17, 15) is 4.79 Å². The molecular formula is C11H14O3S. The van der Waals surface area contributed by atoms with Crippen LogP contribution in [0.2, 0.25) is 0 Å². The van der Waals surface area contributed by atoms with Crippen LogP contribution in [-0.2, 0) is 16.1 Å². The monoisotopic (exact) mass is 226 g/mol. The predicted octanol–water partition coefficient (Wildman–Crippen LogP) is 2.34. The highest BCUT2D eigenvalue weighted by Crippen LogP contribution is 2.20. The summed E-state index contributed by atoms with van der Waals surface area (Å²) in [6, 6.07) is 5.68. The molecule has 0 aromatic heterocycles. The van der Waals surface area contributed by atoms with Gasteiger partial charge in [-0.1, -0.05) is 6.07 Å². The van der Waals surface area contributed by atoms with Gasteiger partial charge in [0.05, 0.1) is 19.3 Å². The minimum absolute atomic E-state index is 0.321. The molecule has 4 heteroatoms. The Hall–Kier alpha value is -1.00. The van der Waals surface area contributed by atoms with Crippen molar-refractivity contribution in [3.8, 4) is 0 Å². The van der Waals surface area contributed by atoms with Crippen LogP contribution in [0.5, 0.6) is 0 Å². The Bertz CT molecular complexity index is 350. The van der Waals surface area contributed by atoms with E-state index in [1.165, 1.54) is 7.11 Å². The van der Waals surface area contributed by atoms with Crippen LogP contribution in [0.1, 0.15) is 15.9 Å². The maximum atomic E-state index is 11.5. The molecule has 0 N–H and O–H groups in total. The Balaban J connectivity index is 3.10. The fraction of sp³-hybridized carbons (Fsp3) is 0.364. The SMILES string of the molecule is COCc1ccc(SC)cc1C(=O)OC. The first-order chi connectivity index (χ1) is 7.22. The van der Waals surface area contributed by atoms with Crippen molar-refractivity contribution in [3.63, 3.8) is 0 Å². The van der Waals surface area contributed by atoms with Crippen molar-refractivity contribution >= 4 is 17.7 Å². The molecule has 82 valence electrons. The van der Waals surface area contributed by atoms with Gasteiger partial charge in [-0.15, -0.1) is 11.8 Å². The van der Waals surface area contributed by atoms with Crippen LogP contribution in [0.25, 0.3) is 0 Å². The summed E-state index contributed by atoms with van der Waals surface area (Å²) < 4.78 is 9.74. The molecule has 0 bridgehead atoms. The van der Waals surface area contributed by atoms with Gasteiger partial charge in [0.15, 0.2) is 0 Å². The minimum Gasteiger partial charge on any atom is -0.465 e. The van der Waals surface area contributed by atoms with E-state index in [1.54, 1.807) is 18.9 Å². The Morgan fingerprint density at radius 1 is 1.40 bits per heavy atom. The second-order valence-electron chi connectivity index (χ2n) is 2.95. The normalized spacial score (nSPS) is 10.1. The van der Waals surface area contributed by atoms with E-state index in [0.717, 1.165) is 10.5 Å². The largest absolute Gasteiger partial charge is 0.465 e. The quantitative estimate of drug-likeness (QED) is 0.583. The highest BCUT2D eigenvalue weighted by Gasteiger charge is 2.12. The summed E-state index contributed by atoms with van der Waals surface area (Å²) >= 11 is 1.59. The number of hydrogen-bond acceptors (Lipinski definition) is 4. The highest BCUT2D eigenvalue weighted by atomic mass is 32.2. The first-order valence-corrected chi connectivity index (χ1v) is 5.69. The fourth-order valence-electron chi connectivity index (χ4n) is 1.26. The Labute approximate surface area is 93.8 Å². The summed E-state index contributed by atoms with van der Waals surface area (Å²) in [6.45, 7) is 0.416. The zero-order valence-electron chi connectivity index (χ0n) is 9.07. The number of thioether (sulfide) groups is 1. The summed E-state index contributed by atoms with van der Waals surface area (Å²) in [7, 11) is 2.98. The van der Waals surface area contributed by atoms with Crippen LogP contribution in [0, 0.1) is 0 Å². The van der Waals surface area contributed by atoms with Gasteiger partial charge in [0, 0.05) is 12.0 Å². The smallest absolute Gasteiger partial charge is 0.338 e. The Kier molecular flexibility index (Phi) is 4.65. The van der Waals surface area contributed by atoms with Crippen molar-refractivity contribution < 1.29 is 14.3 Å². The van der Waals surface area contributed by atoms with Crippen LogP contribution in [0.3, 0.4) is 0 Å². The summed E-state index contributed by atoms with van der Waals surface area (Å²) in [5, 5.41) is 0. The minimum atomic E-state index is -0.321. The molecule has 0 saturated carbocycles. The number of carbonyl (C=O) groups is 1. The van der Waals surface area contributed by atoms with Crippen molar-refractivity contribution in [3.05, 3.63) is 29.3 Å². The van der Waals surface area contributed by atoms with E-state index < -0.39 is 0 Å². The van der Waals surface area contributed by atoms with Gasteiger partial charge in [-0.2, -0.15) is 0 Å². The molecule has 0 unspecified atom stereocenters. The van der Waals surface area contributed by atoms with Gasteiger partial charge in [-0.05, 0) is 24.0 Å². The van der Waals surface area contributed by atoms with E-state index in [1.807, 2.05) is 24.5 Å². The van der Waals surface area contributed by atoms with Gasteiger partial charge < -0.3 is 9.47 Å². The second-order valence-corrected chi connectivity index (χ2v) is 3.83. The fourth-order valence-corrected chi connectivity index (χ4v) is 1.70. The van der Waals surface area contributed by atoms with Crippen molar-refractivity contribution in [2.24, 2.45) is 0 Å². The topological polar surface area (TPSA) is 35.5 Å². The molecular weight excluding hydrogens is 212 g/mol. The predicted molar refractivity (Wildman–Crippen MR) is 60.3 cm³/mol. The number of rotatable bonds is 4. The van der Waals surface area contributed by atoms with Crippen LogP contribution >= 0.6 is 11.8 Å². The van der Waals surface area contributed by atoms with E-state index in [2.05, 4.69) is 0 Å². The van der Waals surface area contributed by atoms with Crippen LogP contribution in [0.4, 0.5) is 0 Å². The molecule has 0 radical (unpaired) electrons. The van der Waals surface area contributed by atoms with Crippen molar-refractivity contribution in [1.29, 1.82) is 0 Å². The van der Waals surface area contributed by atoms with E-state index in [-0.39, 0.29) is 5.97 Å². The van der Waals surface area contributed by atoms with Crippen molar-refractivity contribution in [2.75, 3.05) is 20.5 Å². The zero-order chi connectivity index (χ0) is 11.3. The molecule has 3 nitrogen and oxygen atoms in total. The first-order valence-electron chi connectivity index (χ1n) is 4.47. The number of carbonyl (C=O) groups excluding carboxylic acids is 1. The lowest BCUT2D eigenvalue weighted by atomic mass is 10.1. The molecule has 0 aliphatic carbocycles. The molecule has 0 aliphatic rings. The lowest BCUT2D eigenvalue weighted by Gasteiger charge is -2.08. The molecule has 0 aliphatic heterocycles. The highest BCUT2D eigenvalue weighted by molar-refractivity contribution is 7.98. The summed E-state index contributed by atoms with van der Waals surface area (Å²) in [4.78, 5) is 12.5. The Morgan fingerprint density at radius 2 is 2.13 bits per heavy atom. The lowest BCUT2D eigenvalue weighted by molar-refractivity contribution is 0.0595. The van der Waals surface area contributed by atoms with Gasteiger partial charge in [-0.25, -0.2) is 4.79 Å². The summed E-state index contributed by atoms with van der Waals surface area (Å²) in [5.41, 5.74) is 1.42. The van der Waals surface area contributed by atoms with E-state index >= 15 is 0 Å². The molecule has 0 spiro atoms. The standard InChI is InChI=1S/C11H14O3S/c1-13-7-8-4-5-9(15-3)6-10(8)11(12)14-2/h4-6H,7H2,1-3H3. The van der Waals surface area contributed by atoms with Gasteiger partial charge in [0.25, 0.3) is 0 Å². The van der Waals surface area contributed by atoms with Crippen molar-refractivity contribution in [2.45, 2.75) is 11.5 Å². The van der Waals surface area contributed by atoms with Gasteiger partial charge in [0.2, 0.25) is 0 Å². The average molecular weight is 226 g/mol. The van der Waals surface area contributed by atoms with E-state index in [4.69, 9.17) is 9.47 Å². The number of hydrogen-bond donors (Lipinski definition) is 0. The average Bonchev–Trinajstić information content (AvgIpc) is 2.29. The molecule has 0 amide bonds. The first kappa shape index (κ1) is 12.1. The zero-order valence-corrected chi connectivity index (χ0v) is 9.89. The van der Waals surface area contributed by atoms with Gasteiger partial charge in [0.1, 0.15) is 0 Å². The molecule has 1 rings (SSSR count). The molecule has 0 saturated heterocycles. The second kappa shape index (κ2) is 5.78. The lowest BCUT2D eigenvalue weighted by Crippen LogP contribution is -2.06. The third kappa shape index (κ3) is 2.97. The number of ether oxygens (including phenoxy) is 2. The maximum absolute atomic E-state index is 11.5. The molecule has 0 fully saturated rings. The summed E-state index contributed by atoms with van der Waals surface area (Å²) in [6.07, 6.45) is 1.96. The van der Waals surface area contributed by atoms with Gasteiger partial charge in [-0.3, -0.25) is 0 Å². The molecule has 0 atom stereocenters. The molecule has 1 aromatic carbocycles.